The van der Waals surface area contributed by atoms with Gasteiger partial charge >= 0.3 is 0 Å². The predicted octanol–water partition coefficient (Wildman–Crippen LogP) is 4.00. The highest BCUT2D eigenvalue weighted by Gasteiger charge is 2.09. The molecule has 1 aromatic rings. The minimum absolute atomic E-state index is 0.0364. The molecule has 0 unspecified atom stereocenters. The first-order valence-electron chi connectivity index (χ1n) is 5.77. The highest BCUT2D eigenvalue weighted by atomic mass is 32.2. The summed E-state index contributed by atoms with van der Waals surface area (Å²) in [6.45, 7) is 10.9. The lowest BCUT2D eigenvalue weighted by Crippen LogP contribution is -2.37. The van der Waals surface area contributed by atoms with E-state index in [0.717, 1.165) is 11.6 Å². The number of hydrogen-bond acceptors (Lipinski definition) is 2. The Labute approximate surface area is 112 Å². The standard InChI is InChI=1S/C14H19F2NS/c1-10(8-17-14(2,3)4)9-18-13-6-5-11(15)7-12(13)16/h5-7,17H,1,8-9H2,2-4H3. The molecule has 100 valence electrons. The minimum Gasteiger partial charge on any atom is -0.308 e. The van der Waals surface area contributed by atoms with E-state index in [0.29, 0.717) is 17.2 Å². The predicted molar refractivity (Wildman–Crippen MR) is 74.0 cm³/mol. The van der Waals surface area contributed by atoms with Gasteiger partial charge in [0.25, 0.3) is 0 Å². The van der Waals surface area contributed by atoms with Crippen molar-refractivity contribution in [2.45, 2.75) is 31.2 Å². The van der Waals surface area contributed by atoms with E-state index in [9.17, 15) is 8.78 Å². The summed E-state index contributed by atoms with van der Waals surface area (Å²) in [6, 6.07) is 3.62. The molecule has 0 saturated heterocycles. The fourth-order valence-corrected chi connectivity index (χ4v) is 2.04. The number of hydrogen-bond donors (Lipinski definition) is 1. The molecule has 0 aliphatic carbocycles. The van der Waals surface area contributed by atoms with Crippen LogP contribution in [0.5, 0.6) is 0 Å². The fraction of sp³-hybridized carbons (Fsp3) is 0.429. The smallest absolute Gasteiger partial charge is 0.139 e. The summed E-state index contributed by atoms with van der Waals surface area (Å²) in [6.07, 6.45) is 0. The second kappa shape index (κ2) is 6.34. The van der Waals surface area contributed by atoms with Gasteiger partial charge in [0.05, 0.1) is 0 Å². The average Bonchev–Trinajstić information content (AvgIpc) is 2.24. The molecule has 18 heavy (non-hydrogen) atoms. The molecule has 0 aromatic heterocycles. The van der Waals surface area contributed by atoms with Crippen molar-refractivity contribution in [3.63, 3.8) is 0 Å². The SMILES string of the molecule is C=C(CNC(C)(C)C)CSc1ccc(F)cc1F. The van der Waals surface area contributed by atoms with E-state index >= 15 is 0 Å². The van der Waals surface area contributed by atoms with E-state index in [2.05, 4.69) is 32.7 Å². The van der Waals surface area contributed by atoms with Gasteiger partial charge in [0.15, 0.2) is 0 Å². The number of rotatable bonds is 5. The molecule has 0 radical (unpaired) electrons. The third-order valence-corrected chi connectivity index (χ3v) is 3.39. The number of nitrogens with one attached hydrogen (secondary N) is 1. The Morgan fingerprint density at radius 1 is 1.33 bits per heavy atom. The molecule has 1 nitrogen and oxygen atoms in total. The zero-order valence-electron chi connectivity index (χ0n) is 11.0. The molecule has 0 bridgehead atoms. The van der Waals surface area contributed by atoms with Crippen LogP contribution in [0.1, 0.15) is 20.8 Å². The van der Waals surface area contributed by atoms with Gasteiger partial charge in [0.2, 0.25) is 0 Å². The van der Waals surface area contributed by atoms with E-state index < -0.39 is 11.6 Å². The maximum atomic E-state index is 13.4. The van der Waals surface area contributed by atoms with Crippen LogP contribution < -0.4 is 5.32 Å². The Morgan fingerprint density at radius 3 is 2.56 bits per heavy atom. The lowest BCUT2D eigenvalue weighted by atomic mass is 10.1. The summed E-state index contributed by atoms with van der Waals surface area (Å²) in [5, 5.41) is 3.32. The molecule has 0 aliphatic rings. The molecular formula is C14H19F2NS. The van der Waals surface area contributed by atoms with Crippen molar-refractivity contribution in [2.24, 2.45) is 0 Å². The van der Waals surface area contributed by atoms with Crippen LogP contribution in [0.15, 0.2) is 35.2 Å². The van der Waals surface area contributed by atoms with E-state index in [-0.39, 0.29) is 5.54 Å². The topological polar surface area (TPSA) is 12.0 Å². The first-order valence-corrected chi connectivity index (χ1v) is 6.76. The number of thioether (sulfide) groups is 1. The summed E-state index contributed by atoms with van der Waals surface area (Å²) in [5.74, 6) is -0.451. The first kappa shape index (κ1) is 15.2. The zero-order valence-corrected chi connectivity index (χ0v) is 11.8. The van der Waals surface area contributed by atoms with Gasteiger partial charge in [0, 0.05) is 28.8 Å². The van der Waals surface area contributed by atoms with Crippen molar-refractivity contribution in [3.8, 4) is 0 Å². The lowest BCUT2D eigenvalue weighted by Gasteiger charge is -2.21. The van der Waals surface area contributed by atoms with Crippen LogP contribution in [0.2, 0.25) is 0 Å². The molecule has 4 heteroatoms. The zero-order chi connectivity index (χ0) is 13.8. The molecule has 1 aromatic carbocycles. The van der Waals surface area contributed by atoms with E-state index in [1.807, 2.05) is 0 Å². The Kier molecular flexibility index (Phi) is 5.35. The average molecular weight is 271 g/mol. The van der Waals surface area contributed by atoms with Crippen LogP contribution in [0.25, 0.3) is 0 Å². The van der Waals surface area contributed by atoms with Crippen molar-refractivity contribution in [1.82, 2.24) is 5.32 Å². The van der Waals surface area contributed by atoms with Gasteiger partial charge < -0.3 is 5.32 Å². The Morgan fingerprint density at radius 2 is 2.00 bits per heavy atom. The molecule has 1 N–H and O–H groups in total. The summed E-state index contributed by atoms with van der Waals surface area (Å²) in [5.41, 5.74) is 1.02. The third kappa shape index (κ3) is 5.65. The summed E-state index contributed by atoms with van der Waals surface area (Å²) in [7, 11) is 0. The van der Waals surface area contributed by atoms with Crippen molar-refractivity contribution in [2.75, 3.05) is 12.3 Å². The van der Waals surface area contributed by atoms with Crippen LogP contribution in [-0.2, 0) is 0 Å². The van der Waals surface area contributed by atoms with E-state index in [1.165, 1.54) is 23.9 Å². The molecule has 0 spiro atoms. The van der Waals surface area contributed by atoms with Crippen molar-refractivity contribution < 1.29 is 8.78 Å². The fourth-order valence-electron chi connectivity index (χ4n) is 1.21. The molecule has 0 atom stereocenters. The largest absolute Gasteiger partial charge is 0.308 e. The second-order valence-corrected chi connectivity index (χ2v) is 6.23. The number of halogens is 2. The van der Waals surface area contributed by atoms with Gasteiger partial charge in [-0.15, -0.1) is 11.8 Å². The summed E-state index contributed by atoms with van der Waals surface area (Å²) >= 11 is 1.33. The van der Waals surface area contributed by atoms with E-state index in [1.54, 1.807) is 0 Å². The normalized spacial score (nSPS) is 11.6. The first-order chi connectivity index (χ1) is 8.28. The maximum Gasteiger partial charge on any atom is 0.139 e. The van der Waals surface area contributed by atoms with Gasteiger partial charge in [-0.3, -0.25) is 0 Å². The molecule has 0 fully saturated rings. The maximum absolute atomic E-state index is 13.4. The van der Waals surface area contributed by atoms with Crippen molar-refractivity contribution >= 4 is 11.8 Å². The van der Waals surface area contributed by atoms with Gasteiger partial charge in [-0.2, -0.15) is 0 Å². The quantitative estimate of drug-likeness (QED) is 0.641. The third-order valence-electron chi connectivity index (χ3n) is 2.19. The van der Waals surface area contributed by atoms with Gasteiger partial charge in [0.1, 0.15) is 11.6 Å². The molecule has 0 saturated carbocycles. The van der Waals surface area contributed by atoms with Gasteiger partial charge in [-0.25, -0.2) is 8.78 Å². The monoisotopic (exact) mass is 271 g/mol. The molecule has 1 rings (SSSR count). The van der Waals surface area contributed by atoms with Crippen LogP contribution in [0.4, 0.5) is 8.78 Å². The highest BCUT2D eigenvalue weighted by Crippen LogP contribution is 2.23. The van der Waals surface area contributed by atoms with Crippen LogP contribution in [0.3, 0.4) is 0 Å². The van der Waals surface area contributed by atoms with Gasteiger partial charge in [-0.1, -0.05) is 12.2 Å². The highest BCUT2D eigenvalue weighted by molar-refractivity contribution is 7.99. The Hall–Kier alpha value is -0.870. The number of benzene rings is 1. The minimum atomic E-state index is -0.551. The van der Waals surface area contributed by atoms with Gasteiger partial charge in [-0.05, 0) is 32.9 Å². The second-order valence-electron chi connectivity index (χ2n) is 5.22. The van der Waals surface area contributed by atoms with Crippen LogP contribution in [-0.4, -0.2) is 17.8 Å². The van der Waals surface area contributed by atoms with Crippen molar-refractivity contribution in [1.29, 1.82) is 0 Å². The Balaban J connectivity index is 2.43. The molecule has 0 aliphatic heterocycles. The van der Waals surface area contributed by atoms with E-state index in [4.69, 9.17) is 0 Å². The Bertz CT molecular complexity index is 424. The molecule has 0 heterocycles. The molecule has 0 amide bonds. The van der Waals surface area contributed by atoms with Crippen LogP contribution >= 0.6 is 11.8 Å². The summed E-state index contributed by atoms with van der Waals surface area (Å²) < 4.78 is 26.1. The lowest BCUT2D eigenvalue weighted by molar-refractivity contribution is 0.445. The van der Waals surface area contributed by atoms with Crippen LogP contribution in [0, 0.1) is 11.6 Å². The molecular weight excluding hydrogens is 252 g/mol. The summed E-state index contributed by atoms with van der Waals surface area (Å²) in [4.78, 5) is 0.452. The van der Waals surface area contributed by atoms with Crippen molar-refractivity contribution in [3.05, 3.63) is 42.0 Å².